The van der Waals surface area contributed by atoms with E-state index in [1.165, 1.54) is 6.33 Å². The maximum atomic E-state index is 11.8. The van der Waals surface area contributed by atoms with E-state index in [0.29, 0.717) is 30.5 Å². The molecule has 0 bridgehead atoms. The molecule has 0 atom stereocenters. The predicted molar refractivity (Wildman–Crippen MR) is 102 cm³/mol. The first-order valence-electron chi connectivity index (χ1n) is 8.67. The minimum Gasteiger partial charge on any atom is -0.450 e. The number of amides is 1. The van der Waals surface area contributed by atoms with Gasteiger partial charge in [-0.2, -0.15) is 0 Å². The molecule has 2 N–H and O–H groups in total. The van der Waals surface area contributed by atoms with Crippen LogP contribution in [-0.2, 0) is 4.74 Å². The molecule has 138 valence electrons. The number of benzene rings is 1. The van der Waals surface area contributed by atoms with Gasteiger partial charge < -0.3 is 20.3 Å². The lowest BCUT2D eigenvalue weighted by Crippen LogP contribution is -2.42. The van der Waals surface area contributed by atoms with Gasteiger partial charge in [-0.15, -0.1) is 0 Å². The SMILES string of the molecule is CCOC(=O)N1CCC(Nc2cc(Nc3cccc(Cl)c3)ncn2)CC1. The molecule has 8 heteroatoms. The van der Waals surface area contributed by atoms with Crippen molar-refractivity contribution in [2.45, 2.75) is 25.8 Å². The molecule has 1 aliphatic heterocycles. The Morgan fingerprint density at radius 1 is 1.27 bits per heavy atom. The Morgan fingerprint density at radius 3 is 2.77 bits per heavy atom. The van der Waals surface area contributed by atoms with Gasteiger partial charge in [0.05, 0.1) is 6.61 Å². The van der Waals surface area contributed by atoms with E-state index in [0.717, 1.165) is 24.3 Å². The van der Waals surface area contributed by atoms with Crippen LogP contribution in [0.3, 0.4) is 0 Å². The van der Waals surface area contributed by atoms with Crippen LogP contribution < -0.4 is 10.6 Å². The zero-order valence-electron chi connectivity index (χ0n) is 14.6. The van der Waals surface area contributed by atoms with Crippen molar-refractivity contribution in [3.8, 4) is 0 Å². The summed E-state index contributed by atoms with van der Waals surface area (Å²) < 4.78 is 5.04. The Balaban J connectivity index is 1.55. The molecule has 1 aromatic carbocycles. The molecule has 1 saturated heterocycles. The van der Waals surface area contributed by atoms with Crippen molar-refractivity contribution in [3.05, 3.63) is 41.7 Å². The molecule has 1 aliphatic rings. The smallest absolute Gasteiger partial charge is 0.409 e. The maximum Gasteiger partial charge on any atom is 0.409 e. The summed E-state index contributed by atoms with van der Waals surface area (Å²) in [5.41, 5.74) is 0.866. The number of nitrogens with one attached hydrogen (secondary N) is 2. The molecular weight excluding hydrogens is 354 g/mol. The molecule has 0 saturated carbocycles. The molecule has 2 heterocycles. The highest BCUT2D eigenvalue weighted by atomic mass is 35.5. The van der Waals surface area contributed by atoms with Crippen molar-refractivity contribution in [3.63, 3.8) is 0 Å². The maximum absolute atomic E-state index is 11.8. The number of carbonyl (C=O) groups excluding carboxylic acids is 1. The summed E-state index contributed by atoms with van der Waals surface area (Å²) in [4.78, 5) is 22.0. The third-order valence-electron chi connectivity index (χ3n) is 4.14. The monoisotopic (exact) mass is 375 g/mol. The number of likely N-dealkylation sites (tertiary alicyclic amines) is 1. The van der Waals surface area contributed by atoms with Crippen LogP contribution in [0, 0.1) is 0 Å². The number of nitrogens with zero attached hydrogens (tertiary/aromatic N) is 3. The van der Waals surface area contributed by atoms with Gasteiger partial charge in [0.25, 0.3) is 0 Å². The lowest BCUT2D eigenvalue weighted by Gasteiger charge is -2.31. The van der Waals surface area contributed by atoms with Gasteiger partial charge >= 0.3 is 6.09 Å². The van der Waals surface area contributed by atoms with Crippen molar-refractivity contribution in [1.82, 2.24) is 14.9 Å². The average Bonchev–Trinajstić information content (AvgIpc) is 2.63. The average molecular weight is 376 g/mol. The van der Waals surface area contributed by atoms with Gasteiger partial charge in [0, 0.05) is 35.9 Å². The van der Waals surface area contributed by atoms with Crippen LogP contribution in [-0.4, -0.2) is 46.7 Å². The second-order valence-corrected chi connectivity index (χ2v) is 6.46. The number of anilines is 3. The first kappa shape index (κ1) is 18.3. The molecule has 3 rings (SSSR count). The number of ether oxygens (including phenoxy) is 1. The fourth-order valence-corrected chi connectivity index (χ4v) is 3.04. The van der Waals surface area contributed by atoms with Gasteiger partial charge in [0.15, 0.2) is 0 Å². The standard InChI is InChI=1S/C18H22ClN5O2/c1-2-26-18(25)24-8-6-14(7-9-24)22-16-11-17(21-12-20-16)23-15-5-3-4-13(19)10-15/h3-5,10-12,14H,2,6-9H2,1H3,(H2,20,21,22,23). The zero-order valence-corrected chi connectivity index (χ0v) is 15.4. The molecule has 0 radical (unpaired) electrons. The quantitative estimate of drug-likeness (QED) is 0.824. The van der Waals surface area contributed by atoms with Crippen molar-refractivity contribution in [1.29, 1.82) is 0 Å². The summed E-state index contributed by atoms with van der Waals surface area (Å²) in [6, 6.07) is 9.58. The highest BCUT2D eigenvalue weighted by Gasteiger charge is 2.23. The molecular formula is C18H22ClN5O2. The van der Waals surface area contributed by atoms with E-state index in [1.807, 2.05) is 37.3 Å². The molecule has 2 aromatic rings. The second-order valence-electron chi connectivity index (χ2n) is 6.03. The molecule has 1 aromatic heterocycles. The Labute approximate surface area is 157 Å². The van der Waals surface area contributed by atoms with Crippen LogP contribution in [0.2, 0.25) is 5.02 Å². The van der Waals surface area contributed by atoms with Crippen LogP contribution in [0.5, 0.6) is 0 Å². The van der Waals surface area contributed by atoms with E-state index >= 15 is 0 Å². The summed E-state index contributed by atoms with van der Waals surface area (Å²) in [5, 5.41) is 7.29. The fourth-order valence-electron chi connectivity index (χ4n) is 2.85. The van der Waals surface area contributed by atoms with E-state index in [9.17, 15) is 4.79 Å². The second kappa shape index (κ2) is 8.71. The molecule has 0 unspecified atom stereocenters. The van der Waals surface area contributed by atoms with E-state index in [2.05, 4.69) is 20.6 Å². The summed E-state index contributed by atoms with van der Waals surface area (Å²) in [6.45, 7) is 3.57. The van der Waals surface area contributed by atoms with Gasteiger partial charge in [0.1, 0.15) is 18.0 Å². The fraction of sp³-hybridized carbons (Fsp3) is 0.389. The minimum atomic E-state index is -0.235. The summed E-state index contributed by atoms with van der Waals surface area (Å²) in [7, 11) is 0. The minimum absolute atomic E-state index is 0.235. The highest BCUT2D eigenvalue weighted by molar-refractivity contribution is 6.30. The largest absolute Gasteiger partial charge is 0.450 e. The number of carbonyl (C=O) groups is 1. The molecule has 0 aliphatic carbocycles. The predicted octanol–water partition coefficient (Wildman–Crippen LogP) is 3.91. The number of rotatable bonds is 5. The molecule has 0 spiro atoms. The lowest BCUT2D eigenvalue weighted by molar-refractivity contribution is 0.0983. The van der Waals surface area contributed by atoms with Gasteiger partial charge in [-0.25, -0.2) is 14.8 Å². The topological polar surface area (TPSA) is 79.4 Å². The Kier molecular flexibility index (Phi) is 6.12. The first-order chi connectivity index (χ1) is 12.6. The van der Waals surface area contributed by atoms with Crippen molar-refractivity contribution >= 4 is 35.0 Å². The lowest BCUT2D eigenvalue weighted by atomic mass is 10.1. The van der Waals surface area contributed by atoms with E-state index in [4.69, 9.17) is 16.3 Å². The summed E-state index contributed by atoms with van der Waals surface area (Å²) in [5.74, 6) is 1.44. The Hall–Kier alpha value is -2.54. The first-order valence-corrected chi connectivity index (χ1v) is 9.04. The third kappa shape index (κ3) is 4.98. The van der Waals surface area contributed by atoms with Crippen LogP contribution in [0.15, 0.2) is 36.7 Å². The van der Waals surface area contributed by atoms with Crippen molar-refractivity contribution in [2.75, 3.05) is 30.3 Å². The van der Waals surface area contributed by atoms with E-state index in [-0.39, 0.29) is 12.1 Å². The van der Waals surface area contributed by atoms with Crippen molar-refractivity contribution < 1.29 is 9.53 Å². The molecule has 1 fully saturated rings. The number of piperidine rings is 1. The zero-order chi connectivity index (χ0) is 18.4. The Morgan fingerprint density at radius 2 is 2.04 bits per heavy atom. The number of aromatic nitrogens is 2. The Bertz CT molecular complexity index is 750. The van der Waals surface area contributed by atoms with E-state index < -0.39 is 0 Å². The van der Waals surface area contributed by atoms with Crippen LogP contribution in [0.25, 0.3) is 0 Å². The molecule has 1 amide bonds. The number of hydrogen-bond donors (Lipinski definition) is 2. The summed E-state index contributed by atoms with van der Waals surface area (Å²) >= 11 is 6.00. The molecule has 26 heavy (non-hydrogen) atoms. The number of hydrogen-bond acceptors (Lipinski definition) is 6. The van der Waals surface area contributed by atoms with Crippen LogP contribution in [0.1, 0.15) is 19.8 Å². The van der Waals surface area contributed by atoms with Crippen LogP contribution in [0.4, 0.5) is 22.1 Å². The normalized spacial score (nSPS) is 14.8. The van der Waals surface area contributed by atoms with Gasteiger partial charge in [-0.05, 0) is 38.0 Å². The van der Waals surface area contributed by atoms with Gasteiger partial charge in [-0.1, -0.05) is 17.7 Å². The van der Waals surface area contributed by atoms with Crippen molar-refractivity contribution in [2.24, 2.45) is 0 Å². The number of halogens is 1. The third-order valence-corrected chi connectivity index (χ3v) is 4.37. The summed E-state index contributed by atoms with van der Waals surface area (Å²) in [6.07, 6.45) is 2.98. The van der Waals surface area contributed by atoms with Gasteiger partial charge in [-0.3, -0.25) is 0 Å². The highest BCUT2D eigenvalue weighted by Crippen LogP contribution is 2.21. The van der Waals surface area contributed by atoms with E-state index in [1.54, 1.807) is 4.90 Å². The van der Waals surface area contributed by atoms with Crippen LogP contribution >= 0.6 is 11.6 Å². The molecule has 7 nitrogen and oxygen atoms in total. The van der Waals surface area contributed by atoms with Gasteiger partial charge in [0.2, 0.25) is 0 Å².